The largest absolute Gasteiger partial charge is 0.391 e. The number of amides is 2. The molecule has 0 bridgehead atoms. The molecule has 1 fully saturated rings. The Hall–Kier alpha value is -3.52. The molecule has 4 atom stereocenters. The summed E-state index contributed by atoms with van der Waals surface area (Å²) in [5.41, 5.74) is 2.61. The van der Waals surface area contributed by atoms with Crippen molar-refractivity contribution in [1.82, 2.24) is 15.4 Å². The minimum atomic E-state index is -0.807. The van der Waals surface area contributed by atoms with E-state index < -0.39 is 18.1 Å². The molecule has 7 nitrogen and oxygen atoms in total. The van der Waals surface area contributed by atoms with Crippen molar-refractivity contribution in [2.24, 2.45) is 5.92 Å². The summed E-state index contributed by atoms with van der Waals surface area (Å²) in [7, 11) is 0. The quantitative estimate of drug-likeness (QED) is 0.425. The molecule has 1 saturated heterocycles. The highest BCUT2D eigenvalue weighted by molar-refractivity contribution is 5.91. The SMILES string of the molecule is CC(C)[C@@H](C(=O)N1C[C@H](O)C[C@H]1C(=O)N[C@@H](C)c1ccc(-c2ccccc2F)cc1)c1cc(C(C)(C)C)no1. The summed E-state index contributed by atoms with van der Waals surface area (Å²) in [4.78, 5) is 28.6. The summed E-state index contributed by atoms with van der Waals surface area (Å²) in [5.74, 6) is -1.16. The van der Waals surface area contributed by atoms with E-state index >= 15 is 0 Å². The molecular weight excluding hydrogens is 497 g/mol. The Labute approximate surface area is 229 Å². The van der Waals surface area contributed by atoms with E-state index in [0.29, 0.717) is 11.3 Å². The van der Waals surface area contributed by atoms with Crippen LogP contribution in [-0.4, -0.2) is 45.7 Å². The van der Waals surface area contributed by atoms with E-state index in [1.54, 1.807) is 18.2 Å². The van der Waals surface area contributed by atoms with Gasteiger partial charge in [0.25, 0.3) is 0 Å². The summed E-state index contributed by atoms with van der Waals surface area (Å²) in [6, 6.07) is 14.6. The first kappa shape index (κ1) is 28.5. The molecule has 1 aliphatic rings. The molecule has 0 unspecified atom stereocenters. The zero-order valence-electron chi connectivity index (χ0n) is 23.4. The normalized spacial score (nSPS) is 19.3. The van der Waals surface area contributed by atoms with E-state index in [1.165, 1.54) is 11.0 Å². The van der Waals surface area contributed by atoms with Crippen molar-refractivity contribution >= 4 is 11.8 Å². The van der Waals surface area contributed by atoms with Crippen LogP contribution in [0.25, 0.3) is 11.1 Å². The maximum atomic E-state index is 14.2. The molecule has 1 aromatic heterocycles. The first-order valence-corrected chi connectivity index (χ1v) is 13.5. The van der Waals surface area contributed by atoms with E-state index in [-0.39, 0.29) is 48.0 Å². The van der Waals surface area contributed by atoms with Crippen molar-refractivity contribution < 1.29 is 23.6 Å². The van der Waals surface area contributed by atoms with Gasteiger partial charge in [-0.2, -0.15) is 0 Å². The Balaban J connectivity index is 1.49. The molecule has 4 rings (SSSR count). The Kier molecular flexibility index (Phi) is 8.25. The van der Waals surface area contributed by atoms with Crippen molar-refractivity contribution in [3.8, 4) is 11.1 Å². The summed E-state index contributed by atoms with van der Waals surface area (Å²) < 4.78 is 19.8. The van der Waals surface area contributed by atoms with Crippen molar-refractivity contribution in [1.29, 1.82) is 0 Å². The Morgan fingerprint density at radius 3 is 2.36 bits per heavy atom. The van der Waals surface area contributed by atoms with Crippen LogP contribution < -0.4 is 5.32 Å². The molecule has 0 saturated carbocycles. The van der Waals surface area contributed by atoms with E-state index in [0.717, 1.165) is 16.8 Å². The lowest BCUT2D eigenvalue weighted by Crippen LogP contribution is -2.48. The maximum absolute atomic E-state index is 14.2. The van der Waals surface area contributed by atoms with Gasteiger partial charge in [-0.25, -0.2) is 4.39 Å². The van der Waals surface area contributed by atoms with Crippen molar-refractivity contribution in [3.05, 3.63) is 77.4 Å². The lowest BCUT2D eigenvalue weighted by molar-refractivity contribution is -0.141. The molecule has 2 aromatic carbocycles. The van der Waals surface area contributed by atoms with Gasteiger partial charge in [0.15, 0.2) is 0 Å². The number of carbonyl (C=O) groups excluding carboxylic acids is 2. The maximum Gasteiger partial charge on any atom is 0.243 e. The minimum absolute atomic E-state index is 0.0755. The molecule has 0 aliphatic carbocycles. The van der Waals surface area contributed by atoms with E-state index in [2.05, 4.69) is 10.5 Å². The van der Waals surface area contributed by atoms with Crippen LogP contribution in [0.2, 0.25) is 0 Å². The van der Waals surface area contributed by atoms with Crippen molar-refractivity contribution in [2.45, 2.75) is 77.5 Å². The molecule has 0 radical (unpaired) electrons. The monoisotopic (exact) mass is 535 g/mol. The number of benzene rings is 2. The standard InChI is InChI=1S/C31H38FN3O4/c1-18(2)28(26-16-27(34-39-26)31(4,5)6)30(38)35-17-22(36)15-25(35)29(37)33-19(3)20-11-13-21(14-12-20)23-9-7-8-10-24(23)32/h7-14,16,18-19,22,25,28,36H,15,17H2,1-6H3,(H,33,37)/t19-,22+,25-,28+/m0/s1. The smallest absolute Gasteiger partial charge is 0.243 e. The zero-order chi connectivity index (χ0) is 28.5. The number of hydrogen-bond acceptors (Lipinski definition) is 5. The fourth-order valence-electron chi connectivity index (χ4n) is 5.05. The second-order valence-corrected chi connectivity index (χ2v) is 11.8. The highest BCUT2D eigenvalue weighted by Crippen LogP contribution is 2.33. The Morgan fingerprint density at radius 1 is 1.10 bits per heavy atom. The van der Waals surface area contributed by atoms with Crippen LogP contribution in [0.5, 0.6) is 0 Å². The molecule has 1 aliphatic heterocycles. The predicted molar refractivity (Wildman–Crippen MR) is 147 cm³/mol. The molecule has 2 N–H and O–H groups in total. The van der Waals surface area contributed by atoms with Gasteiger partial charge in [-0.1, -0.05) is 82.2 Å². The second kappa shape index (κ2) is 11.3. The Morgan fingerprint density at radius 2 is 1.77 bits per heavy atom. The molecule has 3 aromatic rings. The third kappa shape index (κ3) is 6.22. The van der Waals surface area contributed by atoms with Gasteiger partial charge in [0.2, 0.25) is 11.8 Å². The zero-order valence-corrected chi connectivity index (χ0v) is 23.4. The number of rotatable bonds is 7. The number of halogens is 1. The third-order valence-corrected chi connectivity index (χ3v) is 7.36. The first-order chi connectivity index (χ1) is 18.4. The third-order valence-electron chi connectivity index (χ3n) is 7.36. The van der Waals surface area contributed by atoms with Crippen LogP contribution in [0.4, 0.5) is 4.39 Å². The van der Waals surface area contributed by atoms with Crippen LogP contribution in [-0.2, 0) is 15.0 Å². The van der Waals surface area contributed by atoms with Gasteiger partial charge < -0.3 is 19.8 Å². The fraction of sp³-hybridized carbons (Fsp3) is 0.452. The number of aliphatic hydroxyl groups excluding tert-OH is 1. The summed E-state index contributed by atoms with van der Waals surface area (Å²) in [5, 5.41) is 17.6. The van der Waals surface area contributed by atoms with E-state index in [1.807, 2.05) is 71.9 Å². The number of nitrogens with one attached hydrogen (secondary N) is 1. The van der Waals surface area contributed by atoms with Crippen LogP contribution in [0.3, 0.4) is 0 Å². The highest BCUT2D eigenvalue weighted by Gasteiger charge is 2.43. The van der Waals surface area contributed by atoms with Crippen LogP contribution >= 0.6 is 0 Å². The number of nitrogens with zero attached hydrogens (tertiary/aromatic N) is 2. The number of carbonyl (C=O) groups is 2. The molecule has 39 heavy (non-hydrogen) atoms. The second-order valence-electron chi connectivity index (χ2n) is 11.8. The van der Waals surface area contributed by atoms with E-state index in [9.17, 15) is 19.1 Å². The molecule has 0 spiro atoms. The van der Waals surface area contributed by atoms with E-state index in [4.69, 9.17) is 4.52 Å². The molecule has 208 valence electrons. The molecular formula is C31H38FN3O4. The average Bonchev–Trinajstić information content (AvgIpc) is 3.51. The number of aliphatic hydroxyl groups is 1. The number of hydrogen-bond donors (Lipinski definition) is 2. The van der Waals surface area contributed by atoms with Crippen LogP contribution in [0.1, 0.15) is 76.9 Å². The average molecular weight is 536 g/mol. The van der Waals surface area contributed by atoms with Gasteiger partial charge in [0.1, 0.15) is 23.5 Å². The summed E-state index contributed by atoms with van der Waals surface area (Å²) in [6.07, 6.45) is -0.641. The van der Waals surface area contributed by atoms with Gasteiger partial charge in [0, 0.05) is 30.0 Å². The lowest BCUT2D eigenvalue weighted by Gasteiger charge is -2.29. The van der Waals surface area contributed by atoms with Gasteiger partial charge in [-0.15, -0.1) is 0 Å². The lowest BCUT2D eigenvalue weighted by atomic mass is 9.88. The number of aromatic nitrogens is 1. The van der Waals surface area contributed by atoms with Crippen molar-refractivity contribution in [3.63, 3.8) is 0 Å². The van der Waals surface area contributed by atoms with Gasteiger partial charge in [-0.05, 0) is 30.0 Å². The van der Waals surface area contributed by atoms with Crippen molar-refractivity contribution in [2.75, 3.05) is 6.54 Å². The van der Waals surface area contributed by atoms with Gasteiger partial charge >= 0.3 is 0 Å². The summed E-state index contributed by atoms with van der Waals surface area (Å²) >= 11 is 0. The van der Waals surface area contributed by atoms with Crippen LogP contribution in [0.15, 0.2) is 59.1 Å². The van der Waals surface area contributed by atoms with Gasteiger partial charge in [0.05, 0.1) is 17.8 Å². The fourth-order valence-corrected chi connectivity index (χ4v) is 5.05. The predicted octanol–water partition coefficient (Wildman–Crippen LogP) is 5.36. The highest BCUT2D eigenvalue weighted by atomic mass is 19.1. The number of β-amino-alcohol motifs (C(OH)–C–C–N with tert-alkyl or cyclic N) is 1. The molecule has 8 heteroatoms. The summed E-state index contributed by atoms with van der Waals surface area (Å²) in [6.45, 7) is 11.8. The Bertz CT molecular complexity index is 1310. The molecule has 2 amide bonds. The topological polar surface area (TPSA) is 95.7 Å². The van der Waals surface area contributed by atoms with Crippen LogP contribution in [0, 0.1) is 11.7 Å². The first-order valence-electron chi connectivity index (χ1n) is 13.5. The minimum Gasteiger partial charge on any atom is -0.391 e. The van der Waals surface area contributed by atoms with Gasteiger partial charge in [-0.3, -0.25) is 9.59 Å². The number of likely N-dealkylation sites (tertiary alicyclic amines) is 1. The molecule has 2 heterocycles.